The summed E-state index contributed by atoms with van der Waals surface area (Å²) in [5, 5.41) is 0.194. The van der Waals surface area contributed by atoms with Gasteiger partial charge in [0.1, 0.15) is 0 Å². The smallest absolute Gasteiger partial charge is 0.0967 e. The van der Waals surface area contributed by atoms with Gasteiger partial charge in [0, 0.05) is 6.54 Å². The van der Waals surface area contributed by atoms with Gasteiger partial charge in [0.15, 0.2) is 0 Å². The Morgan fingerprint density at radius 1 is 1.50 bits per heavy atom. The molecule has 1 aliphatic rings. The van der Waals surface area contributed by atoms with Crippen LogP contribution in [0.25, 0.3) is 0 Å². The van der Waals surface area contributed by atoms with Crippen LogP contribution < -0.4 is 5.48 Å². The molecule has 0 bridgehead atoms. The topological polar surface area (TPSA) is 21.3 Å². The summed E-state index contributed by atoms with van der Waals surface area (Å²) < 4.78 is 0. The summed E-state index contributed by atoms with van der Waals surface area (Å²) in [4.78, 5) is 4.69. The molecule has 0 amide bonds. The molecule has 50 valence electrons. The van der Waals surface area contributed by atoms with Crippen LogP contribution in [0.15, 0.2) is 0 Å². The van der Waals surface area contributed by atoms with E-state index in [1.54, 1.807) is 0 Å². The number of hydrogen-bond acceptors (Lipinski definition) is 2. The molecule has 0 radical (unpaired) electrons. The molecule has 0 aromatic rings. The van der Waals surface area contributed by atoms with Crippen LogP contribution in [0.3, 0.4) is 0 Å². The van der Waals surface area contributed by atoms with E-state index in [1.165, 1.54) is 6.42 Å². The summed E-state index contributed by atoms with van der Waals surface area (Å²) in [6, 6.07) is 0. The minimum atomic E-state index is 0.194. The van der Waals surface area contributed by atoms with Crippen LogP contribution in [0.5, 0.6) is 0 Å². The molecule has 1 saturated heterocycles. The van der Waals surface area contributed by atoms with Crippen molar-refractivity contribution in [3.05, 3.63) is 0 Å². The minimum absolute atomic E-state index is 0.194. The SMILES string of the molecule is C1CNOC1.ClCCl. The fourth-order valence-corrected chi connectivity index (χ4v) is 0.361. The Balaban J connectivity index is 0.000000145. The highest BCUT2D eigenvalue weighted by atomic mass is 35.5. The van der Waals surface area contributed by atoms with Gasteiger partial charge in [-0.25, -0.2) is 5.48 Å². The zero-order valence-corrected chi connectivity index (χ0v) is 6.00. The first-order valence-corrected chi connectivity index (χ1v) is 3.45. The van der Waals surface area contributed by atoms with Crippen molar-refractivity contribution >= 4 is 23.2 Å². The maximum absolute atomic E-state index is 4.76. The number of rotatable bonds is 0. The zero-order valence-electron chi connectivity index (χ0n) is 4.49. The lowest BCUT2D eigenvalue weighted by molar-refractivity contribution is 0.103. The summed E-state index contributed by atoms with van der Waals surface area (Å²) in [7, 11) is 0. The van der Waals surface area contributed by atoms with Crippen LogP contribution in [0.4, 0.5) is 0 Å². The third-order valence-electron chi connectivity index (χ3n) is 0.627. The van der Waals surface area contributed by atoms with Gasteiger partial charge in [0.2, 0.25) is 0 Å². The number of hydrogen-bond donors (Lipinski definition) is 1. The molecule has 2 nitrogen and oxygen atoms in total. The molecule has 1 fully saturated rings. The van der Waals surface area contributed by atoms with Crippen molar-refractivity contribution in [1.29, 1.82) is 0 Å². The number of alkyl halides is 2. The monoisotopic (exact) mass is 157 g/mol. The summed E-state index contributed by atoms with van der Waals surface area (Å²) in [6.07, 6.45) is 1.17. The quantitative estimate of drug-likeness (QED) is 0.537. The molecule has 1 N–H and O–H groups in total. The van der Waals surface area contributed by atoms with E-state index in [2.05, 4.69) is 5.48 Å². The molecular formula is C4H9Cl2NO. The van der Waals surface area contributed by atoms with Crippen LogP contribution in [-0.2, 0) is 4.84 Å². The average molecular weight is 158 g/mol. The molecule has 4 heteroatoms. The van der Waals surface area contributed by atoms with Gasteiger partial charge in [-0.15, -0.1) is 23.2 Å². The van der Waals surface area contributed by atoms with Crippen LogP contribution in [0.2, 0.25) is 0 Å². The maximum atomic E-state index is 4.76. The predicted octanol–water partition coefficient (Wildman–Crippen LogP) is 1.33. The van der Waals surface area contributed by atoms with Gasteiger partial charge in [-0.3, -0.25) is 0 Å². The van der Waals surface area contributed by atoms with Crippen molar-refractivity contribution in [1.82, 2.24) is 5.48 Å². The van der Waals surface area contributed by atoms with Gasteiger partial charge in [0.05, 0.1) is 11.9 Å². The Morgan fingerprint density at radius 2 is 2.12 bits per heavy atom. The molecule has 0 aromatic heterocycles. The Kier molecular flexibility index (Phi) is 7.97. The van der Waals surface area contributed by atoms with Crippen molar-refractivity contribution < 1.29 is 4.84 Å². The van der Waals surface area contributed by atoms with Crippen molar-refractivity contribution in [2.24, 2.45) is 0 Å². The summed E-state index contributed by atoms with van der Waals surface area (Å²) >= 11 is 9.53. The molecule has 1 aliphatic heterocycles. The highest BCUT2D eigenvalue weighted by molar-refractivity contribution is 6.40. The van der Waals surface area contributed by atoms with Gasteiger partial charge in [-0.1, -0.05) is 0 Å². The third kappa shape index (κ3) is 6.50. The maximum Gasteiger partial charge on any atom is 0.0967 e. The van der Waals surface area contributed by atoms with Gasteiger partial charge < -0.3 is 4.84 Å². The van der Waals surface area contributed by atoms with Crippen LogP contribution in [-0.4, -0.2) is 18.5 Å². The van der Waals surface area contributed by atoms with Crippen molar-refractivity contribution in [3.8, 4) is 0 Å². The molecule has 0 atom stereocenters. The van der Waals surface area contributed by atoms with Crippen LogP contribution in [0.1, 0.15) is 6.42 Å². The fraction of sp³-hybridized carbons (Fsp3) is 1.00. The van der Waals surface area contributed by atoms with E-state index in [-0.39, 0.29) is 5.34 Å². The number of halogens is 2. The Labute approximate surface area is 59.1 Å². The lowest BCUT2D eigenvalue weighted by Gasteiger charge is -1.80. The molecule has 0 spiro atoms. The normalized spacial score (nSPS) is 17.2. The lowest BCUT2D eigenvalue weighted by Crippen LogP contribution is -2.01. The molecular weight excluding hydrogens is 149 g/mol. The van der Waals surface area contributed by atoms with E-state index < -0.39 is 0 Å². The largest absolute Gasteiger partial charge is 0.302 e. The summed E-state index contributed by atoms with van der Waals surface area (Å²) in [6.45, 7) is 1.92. The Bertz CT molecular complexity index is 33.4. The van der Waals surface area contributed by atoms with Crippen molar-refractivity contribution in [3.63, 3.8) is 0 Å². The van der Waals surface area contributed by atoms with E-state index in [0.717, 1.165) is 13.2 Å². The molecule has 1 rings (SSSR count). The minimum Gasteiger partial charge on any atom is -0.302 e. The molecule has 8 heavy (non-hydrogen) atoms. The van der Waals surface area contributed by atoms with E-state index in [4.69, 9.17) is 28.0 Å². The van der Waals surface area contributed by atoms with E-state index in [0.29, 0.717) is 0 Å². The third-order valence-corrected chi connectivity index (χ3v) is 0.627. The molecule has 0 aliphatic carbocycles. The number of nitrogens with one attached hydrogen (secondary N) is 1. The molecule has 1 heterocycles. The molecule has 0 saturated carbocycles. The van der Waals surface area contributed by atoms with E-state index in [9.17, 15) is 0 Å². The van der Waals surface area contributed by atoms with Crippen molar-refractivity contribution in [2.75, 3.05) is 18.5 Å². The first-order valence-electron chi connectivity index (χ1n) is 2.38. The van der Waals surface area contributed by atoms with Crippen LogP contribution in [0, 0.1) is 0 Å². The van der Waals surface area contributed by atoms with Crippen LogP contribution >= 0.6 is 23.2 Å². The fourth-order valence-electron chi connectivity index (χ4n) is 0.361. The zero-order chi connectivity index (χ0) is 6.24. The van der Waals surface area contributed by atoms with Gasteiger partial charge in [-0.05, 0) is 6.42 Å². The summed E-state index contributed by atoms with van der Waals surface area (Å²) in [5.74, 6) is 0. The van der Waals surface area contributed by atoms with Gasteiger partial charge in [-0.2, -0.15) is 0 Å². The summed E-state index contributed by atoms with van der Waals surface area (Å²) in [5.41, 5.74) is 2.72. The first-order chi connectivity index (χ1) is 3.91. The second-order valence-corrected chi connectivity index (χ2v) is 2.01. The second kappa shape index (κ2) is 7.50. The van der Waals surface area contributed by atoms with Crippen molar-refractivity contribution in [2.45, 2.75) is 6.42 Å². The van der Waals surface area contributed by atoms with Gasteiger partial charge >= 0.3 is 0 Å². The first kappa shape index (κ1) is 8.50. The number of hydroxylamine groups is 1. The molecule has 0 unspecified atom stereocenters. The highest BCUT2D eigenvalue weighted by Crippen LogP contribution is 1.83. The standard InChI is InChI=1S/C3H7NO.CH2Cl2/c1-2-4-5-3-1;2-1-3/h4H,1-3H2;1H2. The van der Waals surface area contributed by atoms with Gasteiger partial charge in [0.25, 0.3) is 0 Å². The Morgan fingerprint density at radius 3 is 2.25 bits per heavy atom. The lowest BCUT2D eigenvalue weighted by atomic mass is 10.5. The highest BCUT2D eigenvalue weighted by Gasteiger charge is 1.93. The predicted molar refractivity (Wildman–Crippen MR) is 35.1 cm³/mol. The molecule has 0 aromatic carbocycles. The van der Waals surface area contributed by atoms with E-state index in [1.807, 2.05) is 0 Å². The Hall–Kier alpha value is 0.500. The average Bonchev–Trinajstić information content (AvgIpc) is 2.17. The van der Waals surface area contributed by atoms with E-state index >= 15 is 0 Å². The second-order valence-electron chi connectivity index (χ2n) is 1.20.